The monoisotopic (exact) mass is 259 g/mol. The van der Waals surface area contributed by atoms with Crippen molar-refractivity contribution in [2.24, 2.45) is 5.92 Å². The highest BCUT2D eigenvalue weighted by atomic mass is 16.1. The molecule has 1 aliphatic heterocycles. The van der Waals surface area contributed by atoms with Gasteiger partial charge < -0.3 is 5.32 Å². The maximum absolute atomic E-state index is 12.1. The van der Waals surface area contributed by atoms with Crippen LogP contribution in [0.3, 0.4) is 0 Å². The van der Waals surface area contributed by atoms with Gasteiger partial charge in [-0.25, -0.2) is 0 Å². The van der Waals surface area contributed by atoms with Crippen molar-refractivity contribution >= 4 is 5.78 Å². The lowest BCUT2D eigenvalue weighted by Gasteiger charge is -2.21. The van der Waals surface area contributed by atoms with Gasteiger partial charge in [-0.2, -0.15) is 0 Å². The van der Waals surface area contributed by atoms with Crippen molar-refractivity contribution in [2.45, 2.75) is 45.4 Å². The van der Waals surface area contributed by atoms with Crippen LogP contribution < -0.4 is 5.32 Å². The van der Waals surface area contributed by atoms with Crippen LogP contribution in [0.25, 0.3) is 0 Å². The average molecular weight is 259 g/mol. The Bertz CT molecular complexity index is 402. The van der Waals surface area contributed by atoms with Gasteiger partial charge in [0.15, 0.2) is 0 Å². The number of carbonyl (C=O) groups excluding carboxylic acids is 1. The Balaban J connectivity index is 1.82. The first kappa shape index (κ1) is 14.3. The van der Waals surface area contributed by atoms with E-state index in [1.807, 2.05) is 0 Å². The number of ketones is 1. The normalized spacial score (nSPS) is 19.6. The molecule has 19 heavy (non-hydrogen) atoms. The van der Waals surface area contributed by atoms with Crippen LogP contribution in [-0.4, -0.2) is 18.9 Å². The number of hydrogen-bond acceptors (Lipinski definition) is 2. The summed E-state index contributed by atoms with van der Waals surface area (Å²) in [5.41, 5.74) is 2.65. The van der Waals surface area contributed by atoms with Crippen molar-refractivity contribution in [3.63, 3.8) is 0 Å². The Morgan fingerprint density at radius 2 is 2.05 bits per heavy atom. The minimum Gasteiger partial charge on any atom is -0.316 e. The van der Waals surface area contributed by atoms with Crippen LogP contribution in [0.1, 0.15) is 50.2 Å². The van der Waals surface area contributed by atoms with E-state index < -0.39 is 0 Å². The molecular weight excluding hydrogens is 234 g/mol. The van der Waals surface area contributed by atoms with E-state index in [9.17, 15) is 4.79 Å². The molecule has 1 N–H and O–H groups in total. The number of nitrogens with one attached hydrogen (secondary N) is 1. The van der Waals surface area contributed by atoms with Crippen molar-refractivity contribution in [3.05, 3.63) is 35.4 Å². The molecule has 1 saturated heterocycles. The Labute approximate surface area is 116 Å². The molecule has 1 atom stereocenters. The largest absolute Gasteiger partial charge is 0.316 e. The summed E-state index contributed by atoms with van der Waals surface area (Å²) in [5, 5.41) is 3.31. The lowest BCUT2D eigenvalue weighted by Crippen LogP contribution is -2.34. The molecule has 1 aromatic carbocycles. The van der Waals surface area contributed by atoms with E-state index in [4.69, 9.17) is 0 Å². The van der Waals surface area contributed by atoms with E-state index in [2.05, 4.69) is 43.4 Å². The van der Waals surface area contributed by atoms with Gasteiger partial charge in [0.2, 0.25) is 0 Å². The average Bonchev–Trinajstić information content (AvgIpc) is 2.46. The van der Waals surface area contributed by atoms with Crippen molar-refractivity contribution in [1.82, 2.24) is 5.32 Å². The predicted molar refractivity (Wildman–Crippen MR) is 79.5 cm³/mol. The van der Waals surface area contributed by atoms with Crippen LogP contribution in [0.15, 0.2) is 24.3 Å². The van der Waals surface area contributed by atoms with Crippen molar-refractivity contribution in [3.8, 4) is 0 Å². The van der Waals surface area contributed by atoms with Crippen LogP contribution in [0.2, 0.25) is 0 Å². The molecule has 0 amide bonds. The molecule has 1 aromatic rings. The standard InChI is InChI=1S/C17H25NO/c1-13(2)15-8-5-14(6-9-15)7-10-17(19)16-4-3-11-18-12-16/h5-6,8-9,13,16,18H,3-4,7,10-12H2,1-2H3. The first-order chi connectivity index (χ1) is 9.16. The maximum Gasteiger partial charge on any atom is 0.137 e. The summed E-state index contributed by atoms with van der Waals surface area (Å²) in [6, 6.07) is 8.71. The molecule has 0 spiro atoms. The van der Waals surface area contributed by atoms with Gasteiger partial charge in [0.05, 0.1) is 0 Å². The van der Waals surface area contributed by atoms with Crippen LogP contribution in [-0.2, 0) is 11.2 Å². The molecule has 0 aliphatic carbocycles. The highest BCUT2D eigenvalue weighted by molar-refractivity contribution is 5.81. The minimum atomic E-state index is 0.253. The summed E-state index contributed by atoms with van der Waals surface area (Å²) in [5.74, 6) is 1.26. The topological polar surface area (TPSA) is 29.1 Å². The highest BCUT2D eigenvalue weighted by Crippen LogP contribution is 2.17. The van der Waals surface area contributed by atoms with Gasteiger partial charge in [0.1, 0.15) is 5.78 Å². The summed E-state index contributed by atoms with van der Waals surface area (Å²) < 4.78 is 0. The molecule has 104 valence electrons. The van der Waals surface area contributed by atoms with Gasteiger partial charge in [0.25, 0.3) is 0 Å². The summed E-state index contributed by atoms with van der Waals surface area (Å²) in [4.78, 5) is 12.1. The van der Waals surface area contributed by atoms with E-state index in [1.54, 1.807) is 0 Å². The smallest absolute Gasteiger partial charge is 0.137 e. The number of carbonyl (C=O) groups is 1. The van der Waals surface area contributed by atoms with Gasteiger partial charge >= 0.3 is 0 Å². The highest BCUT2D eigenvalue weighted by Gasteiger charge is 2.20. The number of benzene rings is 1. The molecule has 0 saturated carbocycles. The van der Waals surface area contributed by atoms with Crippen molar-refractivity contribution in [2.75, 3.05) is 13.1 Å². The second-order valence-corrected chi connectivity index (χ2v) is 5.91. The third kappa shape index (κ3) is 4.17. The summed E-state index contributed by atoms with van der Waals surface area (Å²) in [6.45, 7) is 6.36. The molecule has 2 heteroatoms. The third-order valence-corrected chi connectivity index (χ3v) is 4.06. The third-order valence-electron chi connectivity index (χ3n) is 4.06. The van der Waals surface area contributed by atoms with E-state index in [0.29, 0.717) is 18.1 Å². The number of hydrogen-bond donors (Lipinski definition) is 1. The van der Waals surface area contributed by atoms with Gasteiger partial charge in [0, 0.05) is 18.9 Å². The minimum absolute atomic E-state index is 0.253. The maximum atomic E-state index is 12.1. The first-order valence-electron chi connectivity index (χ1n) is 7.49. The Morgan fingerprint density at radius 1 is 1.32 bits per heavy atom. The molecule has 0 radical (unpaired) electrons. The molecule has 2 rings (SSSR count). The van der Waals surface area contributed by atoms with Crippen LogP contribution >= 0.6 is 0 Å². The molecule has 0 aromatic heterocycles. The van der Waals surface area contributed by atoms with Crippen LogP contribution in [0.4, 0.5) is 0 Å². The summed E-state index contributed by atoms with van der Waals surface area (Å²) in [6.07, 6.45) is 3.78. The first-order valence-corrected chi connectivity index (χ1v) is 7.49. The second kappa shape index (κ2) is 6.85. The Morgan fingerprint density at radius 3 is 2.63 bits per heavy atom. The predicted octanol–water partition coefficient (Wildman–Crippen LogP) is 3.31. The molecule has 1 fully saturated rings. The lowest BCUT2D eigenvalue weighted by atomic mass is 9.91. The van der Waals surface area contributed by atoms with Crippen molar-refractivity contribution < 1.29 is 4.79 Å². The SMILES string of the molecule is CC(C)c1ccc(CCC(=O)C2CCCNC2)cc1. The Hall–Kier alpha value is -1.15. The van der Waals surface area contributed by atoms with Crippen LogP contribution in [0, 0.1) is 5.92 Å². The molecule has 1 aliphatic rings. The number of rotatable bonds is 5. The number of aryl methyl sites for hydroxylation is 1. The Kier molecular flexibility index (Phi) is 5.15. The molecule has 2 nitrogen and oxygen atoms in total. The fourth-order valence-corrected chi connectivity index (χ4v) is 2.67. The van der Waals surface area contributed by atoms with E-state index in [1.165, 1.54) is 11.1 Å². The van der Waals surface area contributed by atoms with Gasteiger partial charge in [-0.1, -0.05) is 38.1 Å². The number of piperidine rings is 1. The van der Waals surface area contributed by atoms with Gasteiger partial charge in [-0.05, 0) is 42.9 Å². The zero-order valence-corrected chi connectivity index (χ0v) is 12.1. The van der Waals surface area contributed by atoms with E-state index >= 15 is 0 Å². The van der Waals surface area contributed by atoms with E-state index in [0.717, 1.165) is 32.4 Å². The molecule has 1 heterocycles. The van der Waals surface area contributed by atoms with Gasteiger partial charge in [-0.3, -0.25) is 4.79 Å². The quantitative estimate of drug-likeness (QED) is 0.879. The zero-order valence-electron chi connectivity index (χ0n) is 12.1. The fourth-order valence-electron chi connectivity index (χ4n) is 2.67. The van der Waals surface area contributed by atoms with Crippen molar-refractivity contribution in [1.29, 1.82) is 0 Å². The molecule has 1 unspecified atom stereocenters. The molecular formula is C17H25NO. The second-order valence-electron chi connectivity index (χ2n) is 5.91. The van der Waals surface area contributed by atoms with E-state index in [-0.39, 0.29) is 5.92 Å². The lowest BCUT2D eigenvalue weighted by molar-refractivity contribution is -0.123. The fraction of sp³-hybridized carbons (Fsp3) is 0.588. The summed E-state index contributed by atoms with van der Waals surface area (Å²) >= 11 is 0. The van der Waals surface area contributed by atoms with Gasteiger partial charge in [-0.15, -0.1) is 0 Å². The number of Topliss-reactive ketones (excluding diaryl/α,β-unsaturated/α-hetero) is 1. The van der Waals surface area contributed by atoms with Crippen LogP contribution in [0.5, 0.6) is 0 Å². The molecule has 0 bridgehead atoms. The summed E-state index contributed by atoms with van der Waals surface area (Å²) in [7, 11) is 0. The zero-order chi connectivity index (χ0) is 13.7.